The van der Waals surface area contributed by atoms with Gasteiger partial charge in [-0.25, -0.2) is 14.1 Å². The van der Waals surface area contributed by atoms with Crippen LogP contribution in [0.2, 0.25) is 0 Å². The molecule has 0 aliphatic carbocycles. The van der Waals surface area contributed by atoms with Crippen LogP contribution in [0, 0.1) is 17.7 Å². The van der Waals surface area contributed by atoms with Crippen molar-refractivity contribution in [2.75, 3.05) is 4.90 Å². The fraction of sp³-hybridized carbons (Fsp3) is 0.333. The first-order valence-electron chi connectivity index (χ1n) is 10.4. The van der Waals surface area contributed by atoms with E-state index in [1.54, 1.807) is 32.0 Å². The molecular formula is C24H22FN3O4. The summed E-state index contributed by atoms with van der Waals surface area (Å²) in [6.07, 6.45) is 1.64. The third kappa shape index (κ3) is 3.01. The molecule has 2 aromatic rings. The van der Waals surface area contributed by atoms with Crippen LogP contribution < -0.4 is 4.90 Å². The lowest BCUT2D eigenvalue weighted by molar-refractivity contribution is -0.163. The molecule has 0 radical (unpaired) electrons. The van der Waals surface area contributed by atoms with Gasteiger partial charge in [-0.3, -0.25) is 14.6 Å². The lowest BCUT2D eigenvalue weighted by Gasteiger charge is -2.34. The lowest BCUT2D eigenvalue weighted by atomic mass is 9.85. The van der Waals surface area contributed by atoms with Gasteiger partial charge in [-0.05, 0) is 56.2 Å². The van der Waals surface area contributed by atoms with Crippen molar-refractivity contribution in [3.05, 3.63) is 65.5 Å². The molecule has 2 aromatic carbocycles. The molecule has 5 rings (SSSR count). The van der Waals surface area contributed by atoms with Gasteiger partial charge in [0.25, 0.3) is 0 Å². The molecule has 3 aliphatic heterocycles. The molecule has 2 fully saturated rings. The molecular weight excluding hydrogens is 413 g/mol. The highest BCUT2D eigenvalue weighted by Crippen LogP contribution is 2.52. The topological polar surface area (TPSA) is 79.3 Å². The summed E-state index contributed by atoms with van der Waals surface area (Å²) in [4.78, 5) is 41.4. The third-order valence-corrected chi connectivity index (χ3v) is 6.03. The highest BCUT2D eigenvalue weighted by molar-refractivity contribution is 6.23. The van der Waals surface area contributed by atoms with Crippen molar-refractivity contribution in [2.24, 2.45) is 16.9 Å². The van der Waals surface area contributed by atoms with Crippen LogP contribution in [-0.2, 0) is 19.1 Å². The molecule has 3 heterocycles. The second-order valence-corrected chi connectivity index (χ2v) is 9.22. The van der Waals surface area contributed by atoms with E-state index >= 15 is 0 Å². The first-order chi connectivity index (χ1) is 15.2. The Morgan fingerprint density at radius 3 is 2.34 bits per heavy atom. The number of hydrogen-bond acceptors (Lipinski definition) is 6. The number of ether oxygens (including phenoxy) is 1. The molecule has 0 saturated carbocycles. The van der Waals surface area contributed by atoms with Crippen LogP contribution in [0.4, 0.5) is 10.1 Å². The highest BCUT2D eigenvalue weighted by Gasteiger charge is 2.66. The predicted octanol–water partition coefficient (Wildman–Crippen LogP) is 3.05. The minimum Gasteiger partial charge on any atom is -0.458 e. The second-order valence-electron chi connectivity index (χ2n) is 9.22. The Morgan fingerprint density at radius 1 is 1.00 bits per heavy atom. The van der Waals surface area contributed by atoms with Gasteiger partial charge in [0.2, 0.25) is 11.8 Å². The van der Waals surface area contributed by atoms with E-state index in [-0.39, 0.29) is 5.69 Å². The number of carbonyl (C=O) groups is 3. The summed E-state index contributed by atoms with van der Waals surface area (Å²) in [6.45, 7) is 5.24. The largest absolute Gasteiger partial charge is 0.458 e. The minimum absolute atomic E-state index is 0.276. The first-order valence-corrected chi connectivity index (χ1v) is 10.4. The van der Waals surface area contributed by atoms with Gasteiger partial charge in [-0.15, -0.1) is 0 Å². The SMILES string of the molecule is CC(C)(C)OC(=O)[C@@H]1[C@@H]2C(=O)N(c3ccc(F)cc3)C(=O)[C@@H]2[C@H]2c3ccccc3C=NN12. The molecule has 32 heavy (non-hydrogen) atoms. The number of fused-ring (bicyclic) bond motifs is 5. The maximum atomic E-state index is 13.6. The van der Waals surface area contributed by atoms with Gasteiger partial charge >= 0.3 is 5.97 Å². The Kier molecular flexibility index (Phi) is 4.44. The number of esters is 1. The Morgan fingerprint density at radius 2 is 1.66 bits per heavy atom. The summed E-state index contributed by atoms with van der Waals surface area (Å²) in [5.41, 5.74) is 1.16. The summed E-state index contributed by atoms with van der Waals surface area (Å²) in [5.74, 6) is -3.79. The van der Waals surface area contributed by atoms with Crippen LogP contribution >= 0.6 is 0 Å². The number of hydrogen-bond donors (Lipinski definition) is 0. The van der Waals surface area contributed by atoms with E-state index in [4.69, 9.17) is 4.74 Å². The van der Waals surface area contributed by atoms with Crippen LogP contribution in [0.3, 0.4) is 0 Å². The van der Waals surface area contributed by atoms with Crippen molar-refractivity contribution in [1.29, 1.82) is 0 Å². The highest BCUT2D eigenvalue weighted by atomic mass is 19.1. The smallest absolute Gasteiger partial charge is 0.331 e. The molecule has 0 N–H and O–H groups in total. The number of nitrogens with zero attached hydrogens (tertiary/aromatic N) is 3. The van der Waals surface area contributed by atoms with Crippen LogP contribution in [0.15, 0.2) is 53.6 Å². The maximum Gasteiger partial charge on any atom is 0.331 e. The standard InChI is InChI=1S/C24H22FN3O4/c1-24(2,3)32-23(31)20-18-17(19-16-7-5-4-6-13(16)12-26-28(19)20)21(29)27(22(18)30)15-10-8-14(25)9-11-15/h4-12,17-20H,1-3H3/t17-,18+,19+,20-/m0/s1. The normalized spacial score (nSPS) is 26.1. The Hall–Kier alpha value is -3.55. The summed E-state index contributed by atoms with van der Waals surface area (Å²) >= 11 is 0. The molecule has 8 heteroatoms. The summed E-state index contributed by atoms with van der Waals surface area (Å²) in [6, 6.07) is 11.0. The van der Waals surface area contributed by atoms with Crippen molar-refractivity contribution in [3.8, 4) is 0 Å². The monoisotopic (exact) mass is 435 g/mol. The number of anilines is 1. The molecule has 2 saturated heterocycles. The summed E-state index contributed by atoms with van der Waals surface area (Å²) < 4.78 is 19.1. The lowest BCUT2D eigenvalue weighted by Crippen LogP contribution is -2.46. The van der Waals surface area contributed by atoms with Crippen molar-refractivity contribution in [3.63, 3.8) is 0 Å². The zero-order valence-corrected chi connectivity index (χ0v) is 17.9. The first kappa shape index (κ1) is 20.4. The van der Waals surface area contributed by atoms with Gasteiger partial charge in [0.05, 0.1) is 29.8 Å². The zero-order valence-electron chi connectivity index (χ0n) is 17.9. The molecule has 164 valence electrons. The molecule has 0 aromatic heterocycles. The van der Waals surface area contributed by atoms with Gasteiger partial charge in [-0.1, -0.05) is 24.3 Å². The zero-order chi connectivity index (χ0) is 22.8. The maximum absolute atomic E-state index is 13.6. The van der Waals surface area contributed by atoms with E-state index in [0.717, 1.165) is 16.0 Å². The van der Waals surface area contributed by atoms with Crippen LogP contribution in [-0.4, -0.2) is 40.7 Å². The molecule has 4 atom stereocenters. The molecule has 7 nitrogen and oxygen atoms in total. The van der Waals surface area contributed by atoms with Crippen molar-refractivity contribution < 1.29 is 23.5 Å². The molecule has 0 spiro atoms. The van der Waals surface area contributed by atoms with Gasteiger partial charge in [0.15, 0.2) is 6.04 Å². The van der Waals surface area contributed by atoms with Crippen LogP contribution in [0.5, 0.6) is 0 Å². The summed E-state index contributed by atoms with van der Waals surface area (Å²) in [5, 5.41) is 6.01. The quantitative estimate of drug-likeness (QED) is 0.535. The number of carbonyl (C=O) groups excluding carboxylic acids is 3. The summed E-state index contributed by atoms with van der Waals surface area (Å²) in [7, 11) is 0. The van der Waals surface area contributed by atoms with Gasteiger partial charge in [0, 0.05) is 0 Å². The molecule has 0 bridgehead atoms. The number of amides is 2. The molecule has 0 unspecified atom stereocenters. The minimum atomic E-state index is -1.05. The average Bonchev–Trinajstić information content (AvgIpc) is 3.21. The van der Waals surface area contributed by atoms with E-state index < -0.39 is 53.1 Å². The van der Waals surface area contributed by atoms with Crippen LogP contribution in [0.1, 0.15) is 37.9 Å². The molecule has 3 aliphatic rings. The molecule has 2 amide bonds. The third-order valence-electron chi connectivity index (χ3n) is 6.03. The Balaban J connectivity index is 1.62. The number of halogens is 1. The fourth-order valence-corrected chi connectivity index (χ4v) is 4.85. The van der Waals surface area contributed by atoms with Gasteiger partial charge in [-0.2, -0.15) is 5.10 Å². The van der Waals surface area contributed by atoms with Gasteiger partial charge in [0.1, 0.15) is 11.4 Å². The van der Waals surface area contributed by atoms with Crippen molar-refractivity contribution in [2.45, 2.75) is 38.5 Å². The van der Waals surface area contributed by atoms with Crippen LogP contribution in [0.25, 0.3) is 0 Å². The van der Waals surface area contributed by atoms with Crippen molar-refractivity contribution >= 4 is 29.7 Å². The van der Waals surface area contributed by atoms with Gasteiger partial charge < -0.3 is 4.74 Å². The Labute approximate surface area is 184 Å². The fourth-order valence-electron chi connectivity index (χ4n) is 4.85. The number of rotatable bonds is 2. The van der Waals surface area contributed by atoms with E-state index in [0.29, 0.717) is 0 Å². The van der Waals surface area contributed by atoms with E-state index in [1.165, 1.54) is 24.3 Å². The van der Waals surface area contributed by atoms with Crippen molar-refractivity contribution in [1.82, 2.24) is 5.01 Å². The van der Waals surface area contributed by atoms with E-state index in [1.807, 2.05) is 24.3 Å². The Bertz CT molecular complexity index is 1150. The van der Waals surface area contributed by atoms with E-state index in [9.17, 15) is 18.8 Å². The second kappa shape index (κ2) is 6.98. The number of hydrazone groups is 1. The number of imide groups is 1. The predicted molar refractivity (Wildman–Crippen MR) is 114 cm³/mol. The number of benzene rings is 2. The van der Waals surface area contributed by atoms with E-state index in [2.05, 4.69) is 5.10 Å². The average molecular weight is 435 g/mol.